The van der Waals surface area contributed by atoms with Gasteiger partial charge in [-0.25, -0.2) is 9.78 Å². The van der Waals surface area contributed by atoms with Crippen molar-refractivity contribution in [1.29, 1.82) is 0 Å². The van der Waals surface area contributed by atoms with E-state index in [2.05, 4.69) is 61.2 Å². The number of ether oxygens (including phenoxy) is 2. The minimum atomic E-state index is -0.722. The fourth-order valence-electron chi connectivity index (χ4n) is 7.93. The molecule has 0 radical (unpaired) electrons. The zero-order chi connectivity index (χ0) is 24.5. The molecule has 2 bridgehead atoms. The maximum atomic E-state index is 6.90. The third-order valence-corrected chi connectivity index (χ3v) is 10.2. The molecule has 0 N–H and O–H groups in total. The predicted octanol–water partition coefficient (Wildman–Crippen LogP) is 4.47. The Bertz CT molecular complexity index is 927. The number of hydrogen-bond donors (Lipinski definition) is 0. The summed E-state index contributed by atoms with van der Waals surface area (Å²) in [6.07, 6.45) is 3.91. The van der Waals surface area contributed by atoms with Crippen LogP contribution < -0.4 is 0 Å². The van der Waals surface area contributed by atoms with E-state index < -0.39 is 11.4 Å². The minimum absolute atomic E-state index is 0.00669. The van der Waals surface area contributed by atoms with Crippen LogP contribution in [0.1, 0.15) is 77.8 Å². The molecule has 6 fully saturated rings. The molecule has 7 nitrogen and oxygen atoms in total. The molecule has 7 rings (SSSR count). The first-order valence-corrected chi connectivity index (χ1v) is 14.0. The van der Waals surface area contributed by atoms with Gasteiger partial charge in [0.05, 0.1) is 0 Å². The second-order valence-electron chi connectivity index (χ2n) is 12.5. The molecule has 1 saturated carbocycles. The second-order valence-corrected chi connectivity index (χ2v) is 12.5. The van der Waals surface area contributed by atoms with Crippen LogP contribution in [0, 0.1) is 23.7 Å². The average Bonchev–Trinajstić information content (AvgIpc) is 3.02. The molecule has 7 heteroatoms. The molecule has 196 valence electrons. The summed E-state index contributed by atoms with van der Waals surface area (Å²) >= 11 is 0. The lowest BCUT2D eigenvalue weighted by Crippen LogP contribution is -2.69. The molecular weight excluding hydrogens is 442 g/mol. The van der Waals surface area contributed by atoms with Gasteiger partial charge in [0.15, 0.2) is 11.9 Å². The van der Waals surface area contributed by atoms with Crippen molar-refractivity contribution >= 4 is 0 Å². The molecule has 1 aromatic rings. The summed E-state index contributed by atoms with van der Waals surface area (Å²) in [7, 11) is 2.21. The van der Waals surface area contributed by atoms with Gasteiger partial charge < -0.3 is 14.0 Å². The quantitative estimate of drug-likeness (QED) is 0.584. The van der Waals surface area contributed by atoms with E-state index in [4.69, 9.17) is 19.2 Å². The molecule has 5 saturated heterocycles. The standard InChI is InChI=1S/C28H45N3O4/c1-18(2)31-15-13-30(14-16-31)17-21-8-10-24(29(21)6)25-20(4)23-9-7-19(3)22-11-12-27(5)33-26(32-25)28(22,23)35-34-27/h8,10,18-20,22-23,25-26H,7,9,11-17H2,1-6H3/t19-,20-,22+,23+,25-,26-,27-,28-/m1/s1. The molecule has 0 unspecified atom stereocenters. The largest absolute Gasteiger partial charge is 0.348 e. The van der Waals surface area contributed by atoms with Crippen molar-refractivity contribution in [1.82, 2.24) is 14.4 Å². The summed E-state index contributed by atoms with van der Waals surface area (Å²) < 4.78 is 15.9. The van der Waals surface area contributed by atoms with Crippen LogP contribution in [0.3, 0.4) is 0 Å². The zero-order valence-corrected chi connectivity index (χ0v) is 22.5. The Hall–Kier alpha value is -0.960. The van der Waals surface area contributed by atoms with E-state index in [1.165, 1.54) is 17.8 Å². The van der Waals surface area contributed by atoms with E-state index in [1.54, 1.807) is 0 Å². The highest BCUT2D eigenvalue weighted by Gasteiger charge is 2.69. The molecule has 1 aliphatic carbocycles. The smallest absolute Gasteiger partial charge is 0.201 e. The van der Waals surface area contributed by atoms with Crippen LogP contribution in [0.4, 0.5) is 0 Å². The SMILES string of the molecule is CC(C)N1CCN(Cc2ccc([C@@H]3O[C@@H]4O[C@@]5(C)CC[C@H]6[C@H](C)CC[C@@H]([C@H]3C)[C@@]46OO5)n2C)CC1. The highest BCUT2D eigenvalue weighted by Crippen LogP contribution is 2.62. The molecule has 8 atom stereocenters. The highest BCUT2D eigenvalue weighted by molar-refractivity contribution is 5.22. The number of aromatic nitrogens is 1. The summed E-state index contributed by atoms with van der Waals surface area (Å²) in [4.78, 5) is 17.5. The van der Waals surface area contributed by atoms with Crippen LogP contribution >= 0.6 is 0 Å². The Kier molecular flexibility index (Phi) is 6.14. The molecule has 35 heavy (non-hydrogen) atoms. The second kappa shape index (κ2) is 8.81. The number of piperazine rings is 1. The van der Waals surface area contributed by atoms with E-state index >= 15 is 0 Å². The van der Waals surface area contributed by atoms with Crippen molar-refractivity contribution in [3.05, 3.63) is 23.5 Å². The van der Waals surface area contributed by atoms with Crippen molar-refractivity contribution in [3.8, 4) is 0 Å². The lowest BCUT2D eigenvalue weighted by atomic mass is 9.57. The number of rotatable bonds is 4. The van der Waals surface area contributed by atoms with Gasteiger partial charge in [-0.3, -0.25) is 9.80 Å². The average molecular weight is 488 g/mol. The fourth-order valence-corrected chi connectivity index (χ4v) is 7.93. The van der Waals surface area contributed by atoms with Crippen LogP contribution in [0.2, 0.25) is 0 Å². The van der Waals surface area contributed by atoms with Crippen LogP contribution in [-0.2, 0) is 32.8 Å². The topological polar surface area (TPSA) is 48.3 Å². The summed E-state index contributed by atoms with van der Waals surface area (Å²) in [6, 6.07) is 5.22. The van der Waals surface area contributed by atoms with E-state index in [9.17, 15) is 0 Å². The van der Waals surface area contributed by atoms with Gasteiger partial charge in [0.1, 0.15) is 6.10 Å². The van der Waals surface area contributed by atoms with Crippen molar-refractivity contribution < 1.29 is 19.2 Å². The Morgan fingerprint density at radius 1 is 1.00 bits per heavy atom. The maximum Gasteiger partial charge on any atom is 0.201 e. The third kappa shape index (κ3) is 3.84. The maximum absolute atomic E-state index is 6.90. The van der Waals surface area contributed by atoms with Gasteiger partial charge in [-0.05, 0) is 69.9 Å². The van der Waals surface area contributed by atoms with Gasteiger partial charge in [-0.1, -0.05) is 13.8 Å². The Morgan fingerprint density at radius 3 is 2.51 bits per heavy atom. The van der Waals surface area contributed by atoms with Crippen molar-refractivity contribution in [2.75, 3.05) is 26.2 Å². The van der Waals surface area contributed by atoms with Crippen molar-refractivity contribution in [2.24, 2.45) is 30.7 Å². The molecular formula is C28H45N3O4. The molecule has 5 aliphatic heterocycles. The predicted molar refractivity (Wildman–Crippen MR) is 133 cm³/mol. The Labute approximate surface area is 210 Å². The monoisotopic (exact) mass is 487 g/mol. The lowest BCUT2D eigenvalue weighted by molar-refractivity contribution is -0.571. The first-order chi connectivity index (χ1) is 16.7. The van der Waals surface area contributed by atoms with E-state index in [1.807, 2.05) is 6.92 Å². The first-order valence-electron chi connectivity index (χ1n) is 14.0. The van der Waals surface area contributed by atoms with Crippen LogP contribution in [0.15, 0.2) is 12.1 Å². The summed E-state index contributed by atoms with van der Waals surface area (Å²) in [5, 5.41) is 0. The van der Waals surface area contributed by atoms with Gasteiger partial charge in [-0.15, -0.1) is 0 Å². The van der Waals surface area contributed by atoms with Gasteiger partial charge in [0.2, 0.25) is 5.79 Å². The zero-order valence-electron chi connectivity index (χ0n) is 22.5. The summed E-state index contributed by atoms with van der Waals surface area (Å²) in [5.74, 6) is 0.962. The van der Waals surface area contributed by atoms with Gasteiger partial charge in [-0.2, -0.15) is 0 Å². The van der Waals surface area contributed by atoms with Gasteiger partial charge >= 0.3 is 0 Å². The first kappa shape index (κ1) is 24.4. The molecule has 0 aromatic carbocycles. The molecule has 0 amide bonds. The Morgan fingerprint density at radius 2 is 1.77 bits per heavy atom. The molecule has 6 aliphatic rings. The number of fused-ring (bicyclic) bond motifs is 2. The number of hydrogen-bond acceptors (Lipinski definition) is 6. The molecule has 6 heterocycles. The van der Waals surface area contributed by atoms with Crippen molar-refractivity contribution in [2.45, 2.75) is 96.7 Å². The van der Waals surface area contributed by atoms with E-state index in [0.717, 1.165) is 52.0 Å². The third-order valence-electron chi connectivity index (χ3n) is 10.2. The Balaban J connectivity index is 1.24. The lowest BCUT2D eigenvalue weighted by Gasteiger charge is -2.60. The van der Waals surface area contributed by atoms with Crippen LogP contribution in [-0.4, -0.2) is 64.3 Å². The van der Waals surface area contributed by atoms with E-state index in [0.29, 0.717) is 29.7 Å². The normalized spacial score (nSPS) is 44.4. The highest BCUT2D eigenvalue weighted by atomic mass is 17.3. The fraction of sp³-hybridized carbons (Fsp3) is 0.857. The molecule has 1 aromatic heterocycles. The van der Waals surface area contributed by atoms with E-state index in [-0.39, 0.29) is 12.4 Å². The van der Waals surface area contributed by atoms with Gasteiger partial charge in [0.25, 0.3) is 0 Å². The van der Waals surface area contributed by atoms with Gasteiger partial charge in [0, 0.05) is 69.5 Å². The van der Waals surface area contributed by atoms with Crippen molar-refractivity contribution in [3.63, 3.8) is 0 Å². The van der Waals surface area contributed by atoms with Crippen LogP contribution in [0.25, 0.3) is 0 Å². The summed E-state index contributed by atoms with van der Waals surface area (Å²) in [5.41, 5.74) is 2.13. The molecule has 1 spiro atoms. The minimum Gasteiger partial charge on any atom is -0.348 e. The number of nitrogens with zero attached hydrogens (tertiary/aromatic N) is 3. The van der Waals surface area contributed by atoms with Crippen LogP contribution in [0.5, 0.6) is 0 Å². The summed E-state index contributed by atoms with van der Waals surface area (Å²) in [6.45, 7) is 16.9.